The zero-order valence-corrected chi connectivity index (χ0v) is 18.9. The Morgan fingerprint density at radius 1 is 0.848 bits per heavy atom. The Balaban J connectivity index is 1.33. The first-order valence-electron chi connectivity index (χ1n) is 10.4. The number of nitrogens with zero attached hydrogens (tertiary/aromatic N) is 1. The summed E-state index contributed by atoms with van der Waals surface area (Å²) in [7, 11) is 1.56. The second-order valence-corrected chi connectivity index (χ2v) is 8.17. The number of benzene rings is 3. The summed E-state index contributed by atoms with van der Waals surface area (Å²) in [6.07, 6.45) is 1.72. The van der Waals surface area contributed by atoms with Gasteiger partial charge < -0.3 is 14.2 Å². The monoisotopic (exact) mass is 461 g/mol. The Morgan fingerprint density at radius 2 is 1.55 bits per heavy atom. The molecule has 0 spiro atoms. The number of rotatable bonds is 9. The van der Waals surface area contributed by atoms with Crippen molar-refractivity contribution in [3.05, 3.63) is 94.9 Å². The van der Waals surface area contributed by atoms with Crippen LogP contribution in [0.15, 0.2) is 83.8 Å². The van der Waals surface area contributed by atoms with E-state index in [9.17, 15) is 9.59 Å². The normalized spacial score (nSPS) is 14.6. The minimum absolute atomic E-state index is 0.159. The maximum atomic E-state index is 12.7. The van der Waals surface area contributed by atoms with Gasteiger partial charge in [0.25, 0.3) is 11.1 Å². The molecular weight excluding hydrogens is 438 g/mol. The van der Waals surface area contributed by atoms with Crippen LogP contribution in [0.25, 0.3) is 6.08 Å². The predicted octanol–water partition coefficient (Wildman–Crippen LogP) is 5.39. The first-order valence-corrected chi connectivity index (χ1v) is 11.2. The third-order valence-corrected chi connectivity index (χ3v) is 5.85. The molecule has 0 bridgehead atoms. The molecule has 0 aliphatic carbocycles. The van der Waals surface area contributed by atoms with Crippen LogP contribution >= 0.6 is 11.8 Å². The molecule has 1 heterocycles. The number of hydrogen-bond donors (Lipinski definition) is 0. The number of carbonyl (C=O) groups excluding carboxylic acids is 2. The van der Waals surface area contributed by atoms with Gasteiger partial charge in [0.1, 0.15) is 19.0 Å². The number of ether oxygens (including phenoxy) is 3. The van der Waals surface area contributed by atoms with Crippen LogP contribution < -0.4 is 14.2 Å². The van der Waals surface area contributed by atoms with Gasteiger partial charge in [0.15, 0.2) is 11.5 Å². The maximum absolute atomic E-state index is 12.7. The summed E-state index contributed by atoms with van der Waals surface area (Å²) in [5.74, 6) is 1.58. The van der Waals surface area contributed by atoms with Crippen LogP contribution in [-0.2, 0) is 11.4 Å². The van der Waals surface area contributed by atoms with E-state index in [2.05, 4.69) is 0 Å². The Hall–Kier alpha value is -3.71. The molecule has 4 rings (SSSR count). The van der Waals surface area contributed by atoms with E-state index < -0.39 is 0 Å². The molecule has 0 unspecified atom stereocenters. The lowest BCUT2D eigenvalue weighted by molar-refractivity contribution is -0.123. The van der Waals surface area contributed by atoms with E-state index in [1.807, 2.05) is 66.7 Å². The van der Waals surface area contributed by atoms with Gasteiger partial charge in [-0.2, -0.15) is 0 Å². The summed E-state index contributed by atoms with van der Waals surface area (Å²) in [5, 5.41) is -0.308. The molecular formula is C26H23NO5S. The highest BCUT2D eigenvalue weighted by Gasteiger charge is 2.34. The molecule has 1 fully saturated rings. The van der Waals surface area contributed by atoms with E-state index in [4.69, 9.17) is 14.2 Å². The SMILES string of the molecule is COc1ccccc1OCCN1C(=O)S/C(=C\c2ccc(OCc3ccccc3)cc2)C1=O. The highest BCUT2D eigenvalue weighted by atomic mass is 32.2. The molecule has 6 nitrogen and oxygen atoms in total. The molecule has 0 atom stereocenters. The molecule has 2 amide bonds. The zero-order valence-electron chi connectivity index (χ0n) is 18.1. The molecule has 0 radical (unpaired) electrons. The third kappa shape index (κ3) is 5.75. The topological polar surface area (TPSA) is 65.1 Å². The van der Waals surface area contributed by atoms with Gasteiger partial charge in [0.05, 0.1) is 18.6 Å². The summed E-state index contributed by atoms with van der Waals surface area (Å²) >= 11 is 0.929. The fraction of sp³-hybridized carbons (Fsp3) is 0.154. The molecule has 168 valence electrons. The minimum Gasteiger partial charge on any atom is -0.493 e. The second kappa shape index (κ2) is 10.7. The van der Waals surface area contributed by atoms with Gasteiger partial charge in [0, 0.05) is 0 Å². The number of methoxy groups -OCH3 is 1. The number of para-hydroxylation sites is 2. The number of hydrogen-bond acceptors (Lipinski definition) is 6. The van der Waals surface area contributed by atoms with Crippen molar-refractivity contribution >= 4 is 29.0 Å². The summed E-state index contributed by atoms with van der Waals surface area (Å²) in [4.78, 5) is 26.7. The van der Waals surface area contributed by atoms with Crippen molar-refractivity contribution < 1.29 is 23.8 Å². The fourth-order valence-electron chi connectivity index (χ4n) is 3.23. The van der Waals surface area contributed by atoms with E-state index >= 15 is 0 Å². The number of carbonyl (C=O) groups is 2. The van der Waals surface area contributed by atoms with E-state index in [1.54, 1.807) is 25.3 Å². The Kier molecular flexibility index (Phi) is 7.32. The molecule has 3 aromatic rings. The van der Waals surface area contributed by atoms with Crippen molar-refractivity contribution in [3.63, 3.8) is 0 Å². The number of imide groups is 1. The van der Waals surface area contributed by atoms with Crippen molar-refractivity contribution in [3.8, 4) is 17.2 Å². The molecule has 33 heavy (non-hydrogen) atoms. The van der Waals surface area contributed by atoms with Crippen LogP contribution in [0.5, 0.6) is 17.2 Å². The van der Waals surface area contributed by atoms with Crippen molar-refractivity contribution in [2.24, 2.45) is 0 Å². The zero-order chi connectivity index (χ0) is 23.0. The average Bonchev–Trinajstić information content (AvgIpc) is 3.12. The molecule has 1 saturated heterocycles. The lowest BCUT2D eigenvalue weighted by Crippen LogP contribution is -2.32. The first-order chi connectivity index (χ1) is 16.1. The van der Waals surface area contributed by atoms with Crippen LogP contribution in [0.2, 0.25) is 0 Å². The predicted molar refractivity (Wildman–Crippen MR) is 128 cm³/mol. The van der Waals surface area contributed by atoms with Crippen molar-refractivity contribution in [1.82, 2.24) is 4.90 Å². The first kappa shape index (κ1) is 22.5. The summed E-state index contributed by atoms with van der Waals surface area (Å²) < 4.78 is 16.7. The summed E-state index contributed by atoms with van der Waals surface area (Å²) in [6, 6.07) is 24.6. The summed E-state index contributed by atoms with van der Waals surface area (Å²) in [5.41, 5.74) is 1.91. The molecule has 0 N–H and O–H groups in total. The van der Waals surface area contributed by atoms with Crippen molar-refractivity contribution in [2.45, 2.75) is 6.61 Å². The third-order valence-electron chi connectivity index (χ3n) is 4.94. The van der Waals surface area contributed by atoms with Gasteiger partial charge in [-0.05, 0) is 53.2 Å². The van der Waals surface area contributed by atoms with E-state index in [0.29, 0.717) is 23.0 Å². The van der Waals surface area contributed by atoms with Crippen LogP contribution in [0.3, 0.4) is 0 Å². The average molecular weight is 462 g/mol. The minimum atomic E-state index is -0.321. The summed E-state index contributed by atoms with van der Waals surface area (Å²) in [6.45, 7) is 0.821. The second-order valence-electron chi connectivity index (χ2n) is 7.18. The standard InChI is InChI=1S/C26H23NO5S/c1-30-22-9-5-6-10-23(22)31-16-15-27-25(28)24(33-26(27)29)17-19-11-13-21(14-12-19)32-18-20-7-3-2-4-8-20/h2-14,17H,15-16,18H2,1H3/b24-17-. The van der Waals surface area contributed by atoms with Crippen LogP contribution in [-0.4, -0.2) is 36.3 Å². The van der Waals surface area contributed by atoms with Gasteiger partial charge in [0.2, 0.25) is 0 Å². The maximum Gasteiger partial charge on any atom is 0.293 e. The van der Waals surface area contributed by atoms with Crippen molar-refractivity contribution in [1.29, 1.82) is 0 Å². The van der Waals surface area contributed by atoms with Crippen LogP contribution in [0, 0.1) is 0 Å². The van der Waals surface area contributed by atoms with Crippen LogP contribution in [0.1, 0.15) is 11.1 Å². The molecule has 0 aromatic heterocycles. The molecule has 0 saturated carbocycles. The lowest BCUT2D eigenvalue weighted by atomic mass is 10.2. The largest absolute Gasteiger partial charge is 0.493 e. The Labute approximate surface area is 196 Å². The van der Waals surface area contributed by atoms with Gasteiger partial charge in [-0.1, -0.05) is 54.6 Å². The Bertz CT molecular complexity index is 1140. The van der Waals surface area contributed by atoms with E-state index in [1.165, 1.54) is 4.90 Å². The molecule has 3 aromatic carbocycles. The fourth-order valence-corrected chi connectivity index (χ4v) is 4.10. The number of thioether (sulfide) groups is 1. The van der Waals surface area contributed by atoms with Crippen LogP contribution in [0.4, 0.5) is 4.79 Å². The van der Waals surface area contributed by atoms with Gasteiger partial charge in [-0.15, -0.1) is 0 Å². The highest BCUT2D eigenvalue weighted by Crippen LogP contribution is 2.32. The van der Waals surface area contributed by atoms with Gasteiger partial charge in [-0.25, -0.2) is 0 Å². The molecule has 7 heteroatoms. The van der Waals surface area contributed by atoms with Gasteiger partial charge in [-0.3, -0.25) is 14.5 Å². The van der Waals surface area contributed by atoms with Crippen molar-refractivity contribution in [2.75, 3.05) is 20.3 Å². The van der Waals surface area contributed by atoms with E-state index in [-0.39, 0.29) is 24.3 Å². The van der Waals surface area contributed by atoms with E-state index in [0.717, 1.165) is 28.6 Å². The Morgan fingerprint density at radius 3 is 2.27 bits per heavy atom. The smallest absolute Gasteiger partial charge is 0.293 e. The highest BCUT2D eigenvalue weighted by molar-refractivity contribution is 8.18. The number of amides is 2. The lowest BCUT2D eigenvalue weighted by Gasteiger charge is -2.14. The quantitative estimate of drug-likeness (QED) is 0.398. The molecule has 1 aliphatic rings. The molecule has 1 aliphatic heterocycles. The van der Waals surface area contributed by atoms with Gasteiger partial charge >= 0.3 is 0 Å².